The molecule has 0 aliphatic carbocycles. The molecule has 0 saturated carbocycles. The van der Waals surface area contributed by atoms with Crippen molar-refractivity contribution >= 4 is 12.0 Å². The number of nitrogens with zero attached hydrogens (tertiary/aromatic N) is 1. The number of benzene rings is 2. The summed E-state index contributed by atoms with van der Waals surface area (Å²) >= 11 is 0. The van der Waals surface area contributed by atoms with Gasteiger partial charge in [-0.15, -0.1) is 4.91 Å². The van der Waals surface area contributed by atoms with Crippen molar-refractivity contribution in [3.05, 3.63) is 52.9 Å². The largest absolute Gasteiger partial charge is 0.497 e. The molecule has 0 heterocycles. The van der Waals surface area contributed by atoms with Gasteiger partial charge in [0.2, 0.25) is 0 Å². The number of hydrogen-bond acceptors (Lipinski definition) is 4. The van der Waals surface area contributed by atoms with Crippen molar-refractivity contribution in [2.75, 3.05) is 7.11 Å². The predicted octanol–water partition coefficient (Wildman–Crippen LogP) is 3.57. The molecule has 2 rings (SSSR count). The molecule has 0 bridgehead atoms. The minimum Gasteiger partial charge on any atom is -0.497 e. The Morgan fingerprint density at radius 2 is 1.72 bits per heavy atom. The number of aldehydes is 1. The van der Waals surface area contributed by atoms with Crippen LogP contribution in [0.15, 0.2) is 47.6 Å². The van der Waals surface area contributed by atoms with Crippen LogP contribution in [0.25, 0.3) is 11.1 Å². The second-order valence-electron chi connectivity index (χ2n) is 3.71. The molecule has 0 aromatic heterocycles. The smallest absolute Gasteiger partial charge is 0.152 e. The number of rotatable bonds is 4. The summed E-state index contributed by atoms with van der Waals surface area (Å²) in [4.78, 5) is 21.3. The highest BCUT2D eigenvalue weighted by Crippen LogP contribution is 2.27. The zero-order chi connectivity index (χ0) is 13.0. The van der Waals surface area contributed by atoms with Gasteiger partial charge in [0.05, 0.1) is 7.11 Å². The van der Waals surface area contributed by atoms with Crippen molar-refractivity contribution in [1.82, 2.24) is 0 Å². The second kappa shape index (κ2) is 5.23. The number of nitroso groups, excluding NO2 is 1. The lowest BCUT2D eigenvalue weighted by Crippen LogP contribution is -1.85. The molecular weight excluding hydrogens is 230 g/mol. The van der Waals surface area contributed by atoms with E-state index in [9.17, 15) is 9.70 Å². The van der Waals surface area contributed by atoms with Crippen LogP contribution in [-0.2, 0) is 0 Å². The van der Waals surface area contributed by atoms with Crippen LogP contribution in [-0.4, -0.2) is 13.4 Å². The SMILES string of the molecule is COc1ccc(-c2ccc(N=O)c(C=O)c2)cc1. The molecule has 0 fully saturated rings. The lowest BCUT2D eigenvalue weighted by molar-refractivity contribution is 0.112. The van der Waals surface area contributed by atoms with Gasteiger partial charge >= 0.3 is 0 Å². The van der Waals surface area contributed by atoms with Crippen molar-refractivity contribution in [3.8, 4) is 16.9 Å². The van der Waals surface area contributed by atoms with Crippen LogP contribution in [0.1, 0.15) is 10.4 Å². The molecule has 0 spiro atoms. The monoisotopic (exact) mass is 241 g/mol. The molecule has 0 radical (unpaired) electrons. The highest BCUT2D eigenvalue weighted by atomic mass is 16.5. The molecule has 0 atom stereocenters. The quantitative estimate of drug-likeness (QED) is 0.607. The molecule has 2 aromatic carbocycles. The molecule has 0 amide bonds. The topological polar surface area (TPSA) is 55.7 Å². The van der Waals surface area contributed by atoms with Crippen LogP contribution < -0.4 is 4.74 Å². The van der Waals surface area contributed by atoms with Crippen LogP contribution in [0.5, 0.6) is 5.75 Å². The van der Waals surface area contributed by atoms with Gasteiger partial charge in [-0.1, -0.05) is 18.2 Å². The fourth-order valence-electron chi connectivity index (χ4n) is 1.70. The summed E-state index contributed by atoms with van der Waals surface area (Å²) in [5.41, 5.74) is 2.24. The third-order valence-electron chi connectivity index (χ3n) is 2.68. The Hall–Kier alpha value is -2.49. The van der Waals surface area contributed by atoms with Crippen molar-refractivity contribution in [3.63, 3.8) is 0 Å². The van der Waals surface area contributed by atoms with E-state index in [1.807, 2.05) is 24.3 Å². The number of hydrogen-bond donors (Lipinski definition) is 0. The van der Waals surface area contributed by atoms with E-state index >= 15 is 0 Å². The summed E-state index contributed by atoms with van der Waals surface area (Å²) in [6, 6.07) is 12.4. The first-order valence-electron chi connectivity index (χ1n) is 5.35. The van der Waals surface area contributed by atoms with Crippen LogP contribution >= 0.6 is 0 Å². The maximum absolute atomic E-state index is 10.9. The van der Waals surface area contributed by atoms with Crippen molar-refractivity contribution in [2.45, 2.75) is 0 Å². The minimum absolute atomic E-state index is 0.155. The van der Waals surface area contributed by atoms with Gasteiger partial charge < -0.3 is 4.74 Å². The van der Waals surface area contributed by atoms with Crippen LogP contribution in [0.4, 0.5) is 5.69 Å². The normalized spacial score (nSPS) is 9.83. The minimum atomic E-state index is 0.155. The first kappa shape index (κ1) is 12.0. The van der Waals surface area contributed by atoms with Crippen LogP contribution in [0.2, 0.25) is 0 Å². The molecule has 90 valence electrons. The fraction of sp³-hybridized carbons (Fsp3) is 0.0714. The standard InChI is InChI=1S/C14H11NO3/c1-18-13-5-2-10(3-6-13)11-4-7-14(15-17)12(8-11)9-16/h2-9H,1H3. The summed E-state index contributed by atoms with van der Waals surface area (Å²) in [5.74, 6) is 0.764. The molecular formula is C14H11NO3. The Balaban J connectivity index is 2.43. The van der Waals surface area contributed by atoms with Crippen molar-refractivity contribution < 1.29 is 9.53 Å². The van der Waals surface area contributed by atoms with Gasteiger partial charge in [0, 0.05) is 5.56 Å². The third kappa shape index (κ3) is 2.27. The van der Waals surface area contributed by atoms with E-state index in [1.165, 1.54) is 6.07 Å². The molecule has 0 saturated heterocycles. The van der Waals surface area contributed by atoms with E-state index in [0.717, 1.165) is 16.9 Å². The average molecular weight is 241 g/mol. The summed E-state index contributed by atoms with van der Waals surface area (Å²) in [7, 11) is 1.60. The number of carbonyl (C=O) groups excluding carboxylic acids is 1. The third-order valence-corrected chi connectivity index (χ3v) is 2.68. The van der Waals surface area contributed by atoms with Crippen molar-refractivity contribution in [1.29, 1.82) is 0 Å². The van der Waals surface area contributed by atoms with E-state index in [-0.39, 0.29) is 5.69 Å². The zero-order valence-electron chi connectivity index (χ0n) is 9.79. The maximum Gasteiger partial charge on any atom is 0.152 e. The van der Waals surface area contributed by atoms with Gasteiger partial charge in [-0.25, -0.2) is 0 Å². The van der Waals surface area contributed by atoms with Crippen LogP contribution in [0, 0.1) is 4.91 Å². The highest BCUT2D eigenvalue weighted by molar-refractivity contribution is 5.86. The molecule has 0 aliphatic rings. The summed E-state index contributed by atoms with van der Waals surface area (Å²) in [6.45, 7) is 0. The number of carbonyl (C=O) groups is 1. The predicted molar refractivity (Wildman–Crippen MR) is 69.3 cm³/mol. The Labute approximate surface area is 104 Å². The highest BCUT2D eigenvalue weighted by Gasteiger charge is 2.05. The Kier molecular flexibility index (Phi) is 3.48. The fourth-order valence-corrected chi connectivity index (χ4v) is 1.70. The number of ether oxygens (including phenoxy) is 1. The molecule has 2 aromatic rings. The molecule has 18 heavy (non-hydrogen) atoms. The summed E-state index contributed by atoms with van der Waals surface area (Å²) < 4.78 is 5.07. The van der Waals surface area contributed by atoms with Gasteiger partial charge in [0.15, 0.2) is 6.29 Å². The van der Waals surface area contributed by atoms with E-state index in [2.05, 4.69) is 5.18 Å². The Bertz CT molecular complexity index is 576. The Morgan fingerprint density at radius 1 is 1.06 bits per heavy atom. The molecule has 0 unspecified atom stereocenters. The summed E-state index contributed by atoms with van der Waals surface area (Å²) in [6.07, 6.45) is 0.629. The Morgan fingerprint density at radius 3 is 2.28 bits per heavy atom. The molecule has 0 aliphatic heterocycles. The first-order valence-corrected chi connectivity index (χ1v) is 5.35. The van der Waals surface area contributed by atoms with Gasteiger partial charge in [-0.05, 0) is 40.6 Å². The molecule has 4 nitrogen and oxygen atoms in total. The average Bonchev–Trinajstić information content (AvgIpc) is 2.46. The van der Waals surface area contributed by atoms with E-state index in [0.29, 0.717) is 11.8 Å². The first-order chi connectivity index (χ1) is 8.78. The van der Waals surface area contributed by atoms with E-state index in [4.69, 9.17) is 4.74 Å². The number of methoxy groups -OCH3 is 1. The second-order valence-corrected chi connectivity index (χ2v) is 3.71. The van der Waals surface area contributed by atoms with Gasteiger partial charge in [0.25, 0.3) is 0 Å². The van der Waals surface area contributed by atoms with Crippen molar-refractivity contribution in [2.24, 2.45) is 5.18 Å². The zero-order valence-corrected chi connectivity index (χ0v) is 9.79. The maximum atomic E-state index is 10.9. The van der Waals surface area contributed by atoms with Crippen LogP contribution in [0.3, 0.4) is 0 Å². The van der Waals surface area contributed by atoms with E-state index < -0.39 is 0 Å². The summed E-state index contributed by atoms with van der Waals surface area (Å²) in [5, 5.41) is 2.80. The molecule has 4 heteroatoms. The molecule has 0 N–H and O–H groups in total. The van der Waals surface area contributed by atoms with E-state index in [1.54, 1.807) is 19.2 Å². The van der Waals surface area contributed by atoms with Gasteiger partial charge in [-0.2, -0.15) is 0 Å². The lowest BCUT2D eigenvalue weighted by Gasteiger charge is -2.05. The van der Waals surface area contributed by atoms with Gasteiger partial charge in [-0.3, -0.25) is 4.79 Å². The van der Waals surface area contributed by atoms with Gasteiger partial charge in [0.1, 0.15) is 11.4 Å². The lowest BCUT2D eigenvalue weighted by atomic mass is 10.0.